The molecule has 0 aliphatic heterocycles. The van der Waals surface area contributed by atoms with Crippen LogP contribution >= 0.6 is 0 Å². The van der Waals surface area contributed by atoms with Gasteiger partial charge in [-0.2, -0.15) is 0 Å². The van der Waals surface area contributed by atoms with Gasteiger partial charge in [-0.25, -0.2) is 0 Å². The third-order valence-corrected chi connectivity index (χ3v) is 3.44. The van der Waals surface area contributed by atoms with E-state index in [-0.39, 0.29) is 0 Å². The molecule has 0 saturated heterocycles. The van der Waals surface area contributed by atoms with E-state index in [1.807, 2.05) is 6.08 Å². The van der Waals surface area contributed by atoms with Crippen LogP contribution in [0.1, 0.15) is 51.9 Å². The van der Waals surface area contributed by atoms with Crippen molar-refractivity contribution < 1.29 is 0 Å². The fourth-order valence-corrected chi connectivity index (χ4v) is 2.33. The lowest BCUT2D eigenvalue weighted by Crippen LogP contribution is -2.33. The summed E-state index contributed by atoms with van der Waals surface area (Å²) < 4.78 is 0. The van der Waals surface area contributed by atoms with Crippen LogP contribution in [-0.4, -0.2) is 12.6 Å². The molecule has 0 aromatic rings. The van der Waals surface area contributed by atoms with E-state index in [4.69, 9.17) is 0 Å². The highest BCUT2D eigenvalue weighted by atomic mass is 14.9. The highest BCUT2D eigenvalue weighted by Gasteiger charge is 2.18. The number of unbranched alkanes of at least 4 members (excludes halogenated alkanes) is 1. The van der Waals surface area contributed by atoms with Gasteiger partial charge in [0.15, 0.2) is 0 Å². The van der Waals surface area contributed by atoms with Crippen molar-refractivity contribution in [2.45, 2.75) is 57.9 Å². The highest BCUT2D eigenvalue weighted by molar-refractivity contribution is 4.77. The summed E-state index contributed by atoms with van der Waals surface area (Å²) in [4.78, 5) is 0. The first kappa shape index (κ1) is 11.8. The van der Waals surface area contributed by atoms with Crippen molar-refractivity contribution in [2.75, 3.05) is 6.54 Å². The van der Waals surface area contributed by atoms with E-state index in [1.165, 1.54) is 45.1 Å². The molecule has 1 aliphatic rings. The quantitative estimate of drug-likeness (QED) is 0.505. The molecule has 0 bridgehead atoms. The molecule has 1 rings (SSSR count). The molecule has 14 heavy (non-hydrogen) atoms. The Morgan fingerprint density at radius 2 is 2.00 bits per heavy atom. The van der Waals surface area contributed by atoms with Crippen molar-refractivity contribution in [1.82, 2.24) is 5.32 Å². The topological polar surface area (TPSA) is 12.0 Å². The molecular formula is C13H25N. The Kier molecular flexibility index (Phi) is 5.93. The SMILES string of the molecule is C=CCCCNC1CCC(CC)CC1. The van der Waals surface area contributed by atoms with Gasteiger partial charge in [-0.1, -0.05) is 19.4 Å². The zero-order valence-electron chi connectivity index (χ0n) is 9.60. The third-order valence-electron chi connectivity index (χ3n) is 3.44. The minimum absolute atomic E-state index is 0.808. The smallest absolute Gasteiger partial charge is 0.00672 e. The molecule has 1 N–H and O–H groups in total. The molecular weight excluding hydrogens is 170 g/mol. The van der Waals surface area contributed by atoms with Crippen LogP contribution in [0.5, 0.6) is 0 Å². The zero-order valence-corrected chi connectivity index (χ0v) is 9.60. The largest absolute Gasteiger partial charge is 0.314 e. The standard InChI is InChI=1S/C13H25N/c1-3-5-6-11-14-13-9-7-12(4-2)8-10-13/h3,12-14H,1,4-11H2,2H3. The lowest BCUT2D eigenvalue weighted by molar-refractivity contribution is 0.286. The van der Waals surface area contributed by atoms with Gasteiger partial charge in [0.2, 0.25) is 0 Å². The second-order valence-corrected chi connectivity index (χ2v) is 4.51. The molecule has 82 valence electrons. The minimum atomic E-state index is 0.808. The van der Waals surface area contributed by atoms with Gasteiger partial charge in [0.05, 0.1) is 0 Å². The zero-order chi connectivity index (χ0) is 10.2. The molecule has 0 spiro atoms. The van der Waals surface area contributed by atoms with Crippen molar-refractivity contribution in [3.8, 4) is 0 Å². The first-order chi connectivity index (χ1) is 6.86. The summed E-state index contributed by atoms with van der Waals surface area (Å²) in [5, 5.41) is 3.65. The first-order valence-electron chi connectivity index (χ1n) is 6.21. The second-order valence-electron chi connectivity index (χ2n) is 4.51. The molecule has 0 radical (unpaired) electrons. The number of hydrogen-bond donors (Lipinski definition) is 1. The van der Waals surface area contributed by atoms with Crippen molar-refractivity contribution in [1.29, 1.82) is 0 Å². The fraction of sp³-hybridized carbons (Fsp3) is 0.846. The van der Waals surface area contributed by atoms with Crippen LogP contribution in [0.4, 0.5) is 0 Å². The Labute approximate surface area is 89.0 Å². The Bertz CT molecular complexity index is 145. The number of nitrogens with one attached hydrogen (secondary N) is 1. The molecule has 0 aromatic carbocycles. The van der Waals surface area contributed by atoms with Crippen LogP contribution in [0.3, 0.4) is 0 Å². The molecule has 1 fully saturated rings. The van der Waals surface area contributed by atoms with Crippen LogP contribution < -0.4 is 5.32 Å². The summed E-state index contributed by atoms with van der Waals surface area (Å²) >= 11 is 0. The highest BCUT2D eigenvalue weighted by Crippen LogP contribution is 2.26. The van der Waals surface area contributed by atoms with E-state index in [0.29, 0.717) is 0 Å². The third kappa shape index (κ3) is 4.28. The van der Waals surface area contributed by atoms with E-state index in [9.17, 15) is 0 Å². The Hall–Kier alpha value is -0.300. The van der Waals surface area contributed by atoms with E-state index < -0.39 is 0 Å². The number of hydrogen-bond acceptors (Lipinski definition) is 1. The van der Waals surface area contributed by atoms with Gasteiger partial charge < -0.3 is 5.32 Å². The van der Waals surface area contributed by atoms with Crippen LogP contribution in [0.15, 0.2) is 12.7 Å². The maximum absolute atomic E-state index is 3.74. The van der Waals surface area contributed by atoms with Crippen molar-refractivity contribution >= 4 is 0 Å². The monoisotopic (exact) mass is 195 g/mol. The summed E-state index contributed by atoms with van der Waals surface area (Å²) in [6.45, 7) is 7.23. The molecule has 1 nitrogen and oxygen atoms in total. The minimum Gasteiger partial charge on any atom is -0.314 e. The van der Waals surface area contributed by atoms with E-state index >= 15 is 0 Å². The van der Waals surface area contributed by atoms with Crippen molar-refractivity contribution in [2.24, 2.45) is 5.92 Å². The van der Waals surface area contributed by atoms with Crippen LogP contribution in [0, 0.1) is 5.92 Å². The van der Waals surface area contributed by atoms with Gasteiger partial charge in [-0.15, -0.1) is 6.58 Å². The van der Waals surface area contributed by atoms with Crippen LogP contribution in [0.25, 0.3) is 0 Å². The van der Waals surface area contributed by atoms with E-state index in [0.717, 1.165) is 18.4 Å². The molecule has 0 aromatic heterocycles. The fourth-order valence-electron chi connectivity index (χ4n) is 2.33. The van der Waals surface area contributed by atoms with E-state index in [2.05, 4.69) is 18.8 Å². The molecule has 0 unspecified atom stereocenters. The van der Waals surface area contributed by atoms with E-state index in [1.54, 1.807) is 0 Å². The molecule has 0 amide bonds. The first-order valence-corrected chi connectivity index (χ1v) is 6.21. The molecule has 0 heterocycles. The predicted octanol–water partition coefficient (Wildman–Crippen LogP) is 3.51. The maximum Gasteiger partial charge on any atom is 0.00672 e. The molecule has 1 aliphatic carbocycles. The summed E-state index contributed by atoms with van der Waals surface area (Å²) in [5.74, 6) is 1.02. The summed E-state index contributed by atoms with van der Waals surface area (Å²) in [5.41, 5.74) is 0. The maximum atomic E-state index is 3.74. The van der Waals surface area contributed by atoms with Gasteiger partial charge in [0.1, 0.15) is 0 Å². The van der Waals surface area contributed by atoms with Gasteiger partial charge >= 0.3 is 0 Å². The van der Waals surface area contributed by atoms with Gasteiger partial charge in [0.25, 0.3) is 0 Å². The predicted molar refractivity (Wildman–Crippen MR) is 63.5 cm³/mol. The van der Waals surface area contributed by atoms with Crippen LogP contribution in [-0.2, 0) is 0 Å². The summed E-state index contributed by atoms with van der Waals surface area (Å²) in [7, 11) is 0. The van der Waals surface area contributed by atoms with Crippen molar-refractivity contribution in [3.63, 3.8) is 0 Å². The number of allylic oxidation sites excluding steroid dienone is 1. The molecule has 1 saturated carbocycles. The molecule has 0 atom stereocenters. The molecule has 1 heteroatoms. The summed E-state index contributed by atoms with van der Waals surface area (Å²) in [6, 6.07) is 0.808. The second kappa shape index (κ2) is 7.05. The average Bonchev–Trinajstić information content (AvgIpc) is 2.25. The lowest BCUT2D eigenvalue weighted by Gasteiger charge is -2.28. The Morgan fingerprint density at radius 1 is 1.29 bits per heavy atom. The number of rotatable bonds is 6. The normalized spacial score (nSPS) is 27.5. The average molecular weight is 195 g/mol. The van der Waals surface area contributed by atoms with Gasteiger partial charge in [-0.05, 0) is 51.0 Å². The summed E-state index contributed by atoms with van der Waals surface area (Å²) in [6.07, 6.45) is 11.5. The van der Waals surface area contributed by atoms with Gasteiger partial charge in [0, 0.05) is 6.04 Å². The van der Waals surface area contributed by atoms with Gasteiger partial charge in [-0.3, -0.25) is 0 Å². The van der Waals surface area contributed by atoms with Crippen LogP contribution in [0.2, 0.25) is 0 Å². The Balaban J connectivity index is 2.01. The van der Waals surface area contributed by atoms with Crippen molar-refractivity contribution in [3.05, 3.63) is 12.7 Å². The Morgan fingerprint density at radius 3 is 2.57 bits per heavy atom. The lowest BCUT2D eigenvalue weighted by atomic mass is 9.84.